The van der Waals surface area contributed by atoms with Crippen LogP contribution in [0.3, 0.4) is 0 Å². The van der Waals surface area contributed by atoms with Gasteiger partial charge in [-0.1, -0.05) is 0 Å². The second-order valence-electron chi connectivity index (χ2n) is 3.76. The third-order valence-electron chi connectivity index (χ3n) is 2.24. The lowest BCUT2D eigenvalue weighted by Crippen LogP contribution is -2.41. The van der Waals surface area contributed by atoms with Gasteiger partial charge < -0.3 is 19.6 Å². The first-order chi connectivity index (χ1) is 7.95. The van der Waals surface area contributed by atoms with Crippen LogP contribution in [0.1, 0.15) is 24.3 Å². The van der Waals surface area contributed by atoms with Crippen molar-refractivity contribution >= 4 is 11.9 Å². The molecule has 0 aliphatic carbocycles. The molecule has 0 aromatic carbocycles. The minimum atomic E-state index is -0.509. The van der Waals surface area contributed by atoms with Gasteiger partial charge in [0, 0.05) is 12.2 Å². The SMILES string of the molecule is COC(=O)CN(C(=O)c1c[nH]c(=O)[nH]1)C(C)C. The van der Waals surface area contributed by atoms with Crippen LogP contribution in [0.2, 0.25) is 0 Å². The largest absolute Gasteiger partial charge is 0.468 e. The van der Waals surface area contributed by atoms with Crippen LogP contribution in [0.4, 0.5) is 0 Å². The molecule has 7 nitrogen and oxygen atoms in total. The molecule has 0 unspecified atom stereocenters. The molecular weight excluding hydrogens is 226 g/mol. The van der Waals surface area contributed by atoms with Crippen LogP contribution in [0.25, 0.3) is 0 Å². The summed E-state index contributed by atoms with van der Waals surface area (Å²) in [4.78, 5) is 40.0. The molecule has 1 aromatic rings. The molecule has 7 heteroatoms. The number of aromatic amines is 2. The number of carbonyl (C=O) groups is 2. The first-order valence-electron chi connectivity index (χ1n) is 5.11. The van der Waals surface area contributed by atoms with E-state index < -0.39 is 17.6 Å². The first-order valence-corrected chi connectivity index (χ1v) is 5.11. The Labute approximate surface area is 97.8 Å². The quantitative estimate of drug-likeness (QED) is 0.709. The number of amides is 1. The molecule has 0 spiro atoms. The van der Waals surface area contributed by atoms with Crippen molar-refractivity contribution < 1.29 is 14.3 Å². The number of esters is 1. The predicted molar refractivity (Wildman–Crippen MR) is 59.6 cm³/mol. The Kier molecular flexibility index (Phi) is 4.08. The summed E-state index contributed by atoms with van der Waals surface area (Å²) >= 11 is 0. The summed E-state index contributed by atoms with van der Waals surface area (Å²) in [5, 5.41) is 0. The smallest absolute Gasteiger partial charge is 0.325 e. The lowest BCUT2D eigenvalue weighted by atomic mass is 10.3. The third-order valence-corrected chi connectivity index (χ3v) is 2.24. The predicted octanol–water partition coefficient (Wildman–Crippen LogP) is -0.273. The van der Waals surface area contributed by atoms with Crippen LogP contribution < -0.4 is 5.69 Å². The highest BCUT2D eigenvalue weighted by Gasteiger charge is 2.22. The van der Waals surface area contributed by atoms with Gasteiger partial charge >= 0.3 is 11.7 Å². The van der Waals surface area contributed by atoms with Crippen molar-refractivity contribution in [3.8, 4) is 0 Å². The highest BCUT2D eigenvalue weighted by Crippen LogP contribution is 2.04. The normalized spacial score (nSPS) is 10.4. The number of nitrogens with zero attached hydrogens (tertiary/aromatic N) is 1. The second kappa shape index (κ2) is 5.33. The Balaban J connectivity index is 2.88. The van der Waals surface area contributed by atoms with Crippen LogP contribution in [-0.4, -0.2) is 46.4 Å². The average Bonchev–Trinajstić information content (AvgIpc) is 2.71. The number of imidazole rings is 1. The molecule has 0 saturated carbocycles. The molecule has 0 atom stereocenters. The van der Waals surface area contributed by atoms with Crippen molar-refractivity contribution in [2.24, 2.45) is 0 Å². The molecule has 0 bridgehead atoms. The zero-order valence-electron chi connectivity index (χ0n) is 9.94. The van der Waals surface area contributed by atoms with Gasteiger partial charge in [-0.25, -0.2) is 4.79 Å². The number of carbonyl (C=O) groups excluding carboxylic acids is 2. The number of hydrogen-bond donors (Lipinski definition) is 2. The minimum Gasteiger partial charge on any atom is -0.468 e. The summed E-state index contributed by atoms with van der Waals surface area (Å²) in [5.41, 5.74) is -0.345. The Morgan fingerprint density at radius 3 is 2.53 bits per heavy atom. The maximum Gasteiger partial charge on any atom is 0.325 e. The van der Waals surface area contributed by atoms with E-state index in [0.29, 0.717) is 0 Å². The van der Waals surface area contributed by atoms with Crippen molar-refractivity contribution in [1.82, 2.24) is 14.9 Å². The Hall–Kier alpha value is -2.05. The van der Waals surface area contributed by atoms with E-state index in [4.69, 9.17) is 0 Å². The molecule has 94 valence electrons. The van der Waals surface area contributed by atoms with E-state index in [0.717, 1.165) is 0 Å². The van der Waals surface area contributed by atoms with Crippen LogP contribution in [-0.2, 0) is 9.53 Å². The fraction of sp³-hybridized carbons (Fsp3) is 0.500. The fourth-order valence-electron chi connectivity index (χ4n) is 1.29. The zero-order chi connectivity index (χ0) is 13.0. The summed E-state index contributed by atoms with van der Waals surface area (Å²) in [5.74, 6) is -0.936. The number of ether oxygens (including phenoxy) is 1. The number of H-pyrrole nitrogens is 2. The molecule has 2 N–H and O–H groups in total. The summed E-state index contributed by atoms with van der Waals surface area (Å²) < 4.78 is 4.51. The maximum atomic E-state index is 12.0. The summed E-state index contributed by atoms with van der Waals surface area (Å²) in [6.45, 7) is 3.39. The molecule has 1 amide bonds. The van der Waals surface area contributed by atoms with E-state index in [1.165, 1.54) is 18.2 Å². The average molecular weight is 241 g/mol. The Morgan fingerprint density at radius 2 is 2.12 bits per heavy atom. The van der Waals surface area contributed by atoms with Crippen molar-refractivity contribution in [2.75, 3.05) is 13.7 Å². The first kappa shape index (κ1) is 13.0. The van der Waals surface area contributed by atoms with Crippen molar-refractivity contribution in [1.29, 1.82) is 0 Å². The lowest BCUT2D eigenvalue weighted by Gasteiger charge is -2.24. The van der Waals surface area contributed by atoms with Gasteiger partial charge in [-0.2, -0.15) is 0 Å². The van der Waals surface area contributed by atoms with E-state index in [1.807, 2.05) is 0 Å². The summed E-state index contributed by atoms with van der Waals surface area (Å²) in [6.07, 6.45) is 1.28. The molecular formula is C10H15N3O4. The maximum absolute atomic E-state index is 12.0. The molecule has 0 aliphatic rings. The van der Waals surface area contributed by atoms with Crippen molar-refractivity contribution in [3.63, 3.8) is 0 Å². The molecule has 0 saturated heterocycles. The standard InChI is InChI=1S/C10H15N3O4/c1-6(2)13(5-8(14)17-3)9(15)7-4-11-10(16)12-7/h4,6H,5H2,1-3H3,(H2,11,12,16). The van der Waals surface area contributed by atoms with Gasteiger partial charge in [0.15, 0.2) is 0 Å². The van der Waals surface area contributed by atoms with Gasteiger partial charge in [0.1, 0.15) is 12.2 Å². The molecule has 17 heavy (non-hydrogen) atoms. The van der Waals surface area contributed by atoms with Gasteiger partial charge in [0.25, 0.3) is 5.91 Å². The van der Waals surface area contributed by atoms with E-state index in [-0.39, 0.29) is 18.3 Å². The topological polar surface area (TPSA) is 95.3 Å². The lowest BCUT2D eigenvalue weighted by molar-refractivity contribution is -0.141. The van der Waals surface area contributed by atoms with E-state index in [9.17, 15) is 14.4 Å². The van der Waals surface area contributed by atoms with Gasteiger partial charge in [-0.15, -0.1) is 0 Å². The zero-order valence-corrected chi connectivity index (χ0v) is 9.94. The highest BCUT2D eigenvalue weighted by atomic mass is 16.5. The fourth-order valence-corrected chi connectivity index (χ4v) is 1.29. The van der Waals surface area contributed by atoms with Crippen LogP contribution in [0.15, 0.2) is 11.0 Å². The summed E-state index contributed by atoms with van der Waals surface area (Å²) in [7, 11) is 1.25. The highest BCUT2D eigenvalue weighted by molar-refractivity contribution is 5.94. The van der Waals surface area contributed by atoms with Crippen LogP contribution in [0.5, 0.6) is 0 Å². The summed E-state index contributed by atoms with van der Waals surface area (Å²) in [6, 6.07) is -0.181. The van der Waals surface area contributed by atoms with Crippen molar-refractivity contribution in [2.45, 2.75) is 19.9 Å². The van der Waals surface area contributed by atoms with E-state index in [2.05, 4.69) is 14.7 Å². The Morgan fingerprint density at radius 1 is 1.47 bits per heavy atom. The monoisotopic (exact) mass is 241 g/mol. The van der Waals surface area contributed by atoms with Gasteiger partial charge in [0.2, 0.25) is 0 Å². The molecule has 0 radical (unpaired) electrons. The molecule has 1 heterocycles. The van der Waals surface area contributed by atoms with E-state index >= 15 is 0 Å². The number of methoxy groups -OCH3 is 1. The number of nitrogens with one attached hydrogen (secondary N) is 2. The minimum absolute atomic E-state index is 0.118. The molecule has 0 fully saturated rings. The van der Waals surface area contributed by atoms with Crippen LogP contribution >= 0.6 is 0 Å². The van der Waals surface area contributed by atoms with Crippen molar-refractivity contribution in [3.05, 3.63) is 22.4 Å². The van der Waals surface area contributed by atoms with Gasteiger partial charge in [0.05, 0.1) is 7.11 Å². The van der Waals surface area contributed by atoms with Gasteiger partial charge in [-0.05, 0) is 13.8 Å². The molecule has 0 aliphatic heterocycles. The Bertz CT molecular complexity index is 460. The molecule has 1 rings (SSSR count). The van der Waals surface area contributed by atoms with E-state index in [1.54, 1.807) is 13.8 Å². The second-order valence-corrected chi connectivity index (χ2v) is 3.76. The van der Waals surface area contributed by atoms with Crippen LogP contribution in [0, 0.1) is 0 Å². The van der Waals surface area contributed by atoms with Gasteiger partial charge in [-0.3, -0.25) is 9.59 Å². The third kappa shape index (κ3) is 3.20. The number of hydrogen-bond acceptors (Lipinski definition) is 4. The molecule has 1 aromatic heterocycles. The number of aromatic nitrogens is 2. The number of rotatable bonds is 4.